The average molecular weight is 301 g/mol. The summed E-state index contributed by atoms with van der Waals surface area (Å²) in [6, 6.07) is 4.76. The lowest BCUT2D eigenvalue weighted by Crippen LogP contribution is -2.36. The number of benzene rings is 1. The summed E-state index contributed by atoms with van der Waals surface area (Å²) in [6.45, 7) is 5.19. The monoisotopic (exact) mass is 300 g/mol. The molecule has 0 aromatic heterocycles. The molecule has 1 aromatic carbocycles. The van der Waals surface area contributed by atoms with Crippen LogP contribution in [-0.4, -0.2) is 29.8 Å². The molecular formula is C13H14Cl2N2O2. The smallest absolute Gasteiger partial charge is 0.244 e. The maximum Gasteiger partial charge on any atom is 0.244 e. The standard InChI is InChI=1S/C13H14Cl2N2O2/c1-3-6-17(9(2)18)8-13(19)16-12-5-4-10(14)7-11(12)15/h3-5,7H,1,6,8H2,2H3,(H,16,19). The molecule has 2 amide bonds. The van der Waals surface area contributed by atoms with Crippen LogP contribution in [0.3, 0.4) is 0 Å². The summed E-state index contributed by atoms with van der Waals surface area (Å²) >= 11 is 11.7. The van der Waals surface area contributed by atoms with Gasteiger partial charge in [0.25, 0.3) is 0 Å². The fourth-order valence-electron chi connectivity index (χ4n) is 1.41. The quantitative estimate of drug-likeness (QED) is 0.850. The number of amides is 2. The van der Waals surface area contributed by atoms with Crippen molar-refractivity contribution >= 4 is 40.7 Å². The first-order valence-corrected chi connectivity index (χ1v) is 6.31. The molecule has 1 aromatic rings. The molecule has 0 heterocycles. The van der Waals surface area contributed by atoms with Gasteiger partial charge in [-0.2, -0.15) is 0 Å². The van der Waals surface area contributed by atoms with E-state index in [2.05, 4.69) is 11.9 Å². The van der Waals surface area contributed by atoms with E-state index in [1.54, 1.807) is 18.2 Å². The van der Waals surface area contributed by atoms with Crippen molar-refractivity contribution in [3.63, 3.8) is 0 Å². The van der Waals surface area contributed by atoms with E-state index in [1.165, 1.54) is 17.9 Å². The summed E-state index contributed by atoms with van der Waals surface area (Å²) < 4.78 is 0. The van der Waals surface area contributed by atoms with Gasteiger partial charge < -0.3 is 10.2 Å². The summed E-state index contributed by atoms with van der Waals surface area (Å²) in [4.78, 5) is 24.5. The van der Waals surface area contributed by atoms with Crippen LogP contribution in [0.25, 0.3) is 0 Å². The highest BCUT2D eigenvalue weighted by molar-refractivity contribution is 6.36. The molecule has 4 nitrogen and oxygen atoms in total. The van der Waals surface area contributed by atoms with Gasteiger partial charge in [-0.15, -0.1) is 6.58 Å². The molecule has 0 bridgehead atoms. The number of anilines is 1. The van der Waals surface area contributed by atoms with Gasteiger partial charge in [0, 0.05) is 18.5 Å². The van der Waals surface area contributed by atoms with E-state index in [0.717, 1.165) is 0 Å². The Morgan fingerprint density at radius 3 is 2.63 bits per heavy atom. The van der Waals surface area contributed by atoms with Gasteiger partial charge in [0.1, 0.15) is 6.54 Å². The first kappa shape index (κ1) is 15.5. The van der Waals surface area contributed by atoms with Crippen LogP contribution >= 0.6 is 23.2 Å². The van der Waals surface area contributed by atoms with Crippen LogP contribution in [0, 0.1) is 0 Å². The van der Waals surface area contributed by atoms with Gasteiger partial charge in [0.15, 0.2) is 0 Å². The number of carbonyl (C=O) groups excluding carboxylic acids is 2. The third kappa shape index (κ3) is 4.93. The zero-order valence-electron chi connectivity index (χ0n) is 10.5. The van der Waals surface area contributed by atoms with Crippen LogP contribution in [0.2, 0.25) is 10.0 Å². The largest absolute Gasteiger partial charge is 0.330 e. The molecule has 0 aliphatic carbocycles. The molecule has 1 rings (SSSR count). The van der Waals surface area contributed by atoms with Gasteiger partial charge in [-0.25, -0.2) is 0 Å². The van der Waals surface area contributed by atoms with Gasteiger partial charge in [0.05, 0.1) is 10.7 Å². The van der Waals surface area contributed by atoms with Crippen molar-refractivity contribution in [3.8, 4) is 0 Å². The fourth-order valence-corrected chi connectivity index (χ4v) is 1.87. The normalized spacial score (nSPS) is 9.84. The van der Waals surface area contributed by atoms with E-state index >= 15 is 0 Å². The molecule has 0 aliphatic rings. The first-order valence-electron chi connectivity index (χ1n) is 5.55. The van der Waals surface area contributed by atoms with Gasteiger partial charge in [-0.05, 0) is 18.2 Å². The number of carbonyl (C=O) groups is 2. The molecule has 102 valence electrons. The summed E-state index contributed by atoms with van der Waals surface area (Å²) in [5.74, 6) is -0.529. The third-order valence-electron chi connectivity index (χ3n) is 2.33. The Hall–Kier alpha value is -1.52. The highest BCUT2D eigenvalue weighted by Gasteiger charge is 2.13. The topological polar surface area (TPSA) is 49.4 Å². The maximum atomic E-state index is 11.8. The van der Waals surface area contributed by atoms with Gasteiger partial charge in [0.2, 0.25) is 11.8 Å². The molecule has 0 aliphatic heterocycles. The van der Waals surface area contributed by atoms with Crippen molar-refractivity contribution < 1.29 is 9.59 Å². The lowest BCUT2D eigenvalue weighted by Gasteiger charge is -2.18. The highest BCUT2D eigenvalue weighted by Crippen LogP contribution is 2.25. The third-order valence-corrected chi connectivity index (χ3v) is 2.88. The minimum Gasteiger partial charge on any atom is -0.330 e. The van der Waals surface area contributed by atoms with Crippen molar-refractivity contribution in [1.29, 1.82) is 0 Å². The number of hydrogen-bond donors (Lipinski definition) is 1. The average Bonchev–Trinajstić information content (AvgIpc) is 2.32. The van der Waals surface area contributed by atoms with Crippen LogP contribution in [0.5, 0.6) is 0 Å². The number of halogens is 2. The number of nitrogens with zero attached hydrogens (tertiary/aromatic N) is 1. The number of rotatable bonds is 5. The number of nitrogens with one attached hydrogen (secondary N) is 1. The summed E-state index contributed by atoms with van der Waals surface area (Å²) in [7, 11) is 0. The summed E-state index contributed by atoms with van der Waals surface area (Å²) in [6.07, 6.45) is 1.56. The van der Waals surface area contributed by atoms with Gasteiger partial charge in [-0.1, -0.05) is 29.3 Å². The molecule has 0 fully saturated rings. The lowest BCUT2D eigenvalue weighted by atomic mass is 10.3. The Morgan fingerprint density at radius 2 is 2.11 bits per heavy atom. The second kappa shape index (κ2) is 7.16. The van der Waals surface area contributed by atoms with Gasteiger partial charge >= 0.3 is 0 Å². The number of hydrogen-bond acceptors (Lipinski definition) is 2. The van der Waals surface area contributed by atoms with E-state index in [0.29, 0.717) is 22.3 Å². The van der Waals surface area contributed by atoms with Crippen LogP contribution in [0.1, 0.15) is 6.92 Å². The van der Waals surface area contributed by atoms with E-state index < -0.39 is 0 Å². The Bertz CT molecular complexity index is 503. The summed E-state index contributed by atoms with van der Waals surface area (Å²) in [5, 5.41) is 3.46. The Kier molecular flexibility index (Phi) is 5.86. The molecule has 19 heavy (non-hydrogen) atoms. The molecule has 0 saturated carbocycles. The molecule has 6 heteroatoms. The van der Waals surface area contributed by atoms with Crippen molar-refractivity contribution in [2.45, 2.75) is 6.92 Å². The molecular weight excluding hydrogens is 287 g/mol. The maximum absolute atomic E-state index is 11.8. The molecule has 1 N–H and O–H groups in total. The zero-order chi connectivity index (χ0) is 14.4. The first-order chi connectivity index (χ1) is 8.93. The Balaban J connectivity index is 2.68. The predicted octanol–water partition coefficient (Wildman–Crippen LogP) is 2.97. The van der Waals surface area contributed by atoms with Crippen LogP contribution in [0.4, 0.5) is 5.69 Å². The Labute approximate surface area is 122 Å². The van der Waals surface area contributed by atoms with E-state index in [-0.39, 0.29) is 18.4 Å². The van der Waals surface area contributed by atoms with Gasteiger partial charge in [-0.3, -0.25) is 9.59 Å². The predicted molar refractivity (Wildman–Crippen MR) is 77.5 cm³/mol. The minimum absolute atomic E-state index is 0.0552. The molecule has 0 saturated heterocycles. The van der Waals surface area contributed by atoms with Crippen LogP contribution in [0.15, 0.2) is 30.9 Å². The van der Waals surface area contributed by atoms with E-state index in [1.807, 2.05) is 0 Å². The van der Waals surface area contributed by atoms with Crippen LogP contribution in [-0.2, 0) is 9.59 Å². The van der Waals surface area contributed by atoms with Crippen molar-refractivity contribution in [2.24, 2.45) is 0 Å². The fraction of sp³-hybridized carbons (Fsp3) is 0.231. The highest BCUT2D eigenvalue weighted by atomic mass is 35.5. The second-order valence-corrected chi connectivity index (χ2v) is 4.70. The molecule has 0 unspecified atom stereocenters. The molecule has 0 radical (unpaired) electrons. The van der Waals surface area contributed by atoms with Crippen molar-refractivity contribution in [2.75, 3.05) is 18.4 Å². The lowest BCUT2D eigenvalue weighted by molar-refractivity contribution is -0.132. The van der Waals surface area contributed by atoms with E-state index in [9.17, 15) is 9.59 Å². The van der Waals surface area contributed by atoms with E-state index in [4.69, 9.17) is 23.2 Å². The van der Waals surface area contributed by atoms with Crippen molar-refractivity contribution in [3.05, 3.63) is 40.9 Å². The second-order valence-electron chi connectivity index (χ2n) is 3.86. The molecule has 0 atom stereocenters. The van der Waals surface area contributed by atoms with Crippen LogP contribution < -0.4 is 5.32 Å². The van der Waals surface area contributed by atoms with Crippen molar-refractivity contribution in [1.82, 2.24) is 4.90 Å². The Morgan fingerprint density at radius 1 is 1.42 bits per heavy atom. The summed E-state index contributed by atoms with van der Waals surface area (Å²) in [5.41, 5.74) is 0.457. The minimum atomic E-state index is -0.332. The SMILES string of the molecule is C=CCN(CC(=O)Nc1ccc(Cl)cc1Cl)C(C)=O. The molecule has 0 spiro atoms. The zero-order valence-corrected chi connectivity index (χ0v) is 12.0.